The van der Waals surface area contributed by atoms with Crippen molar-refractivity contribution in [2.45, 2.75) is 57.7 Å². The van der Waals surface area contributed by atoms with Gasteiger partial charge < -0.3 is 20.3 Å². The number of ether oxygens (including phenoxy) is 1. The Labute approximate surface area is 287 Å². The lowest BCUT2D eigenvalue weighted by molar-refractivity contribution is -0.193. The Morgan fingerprint density at radius 1 is 0.980 bits per heavy atom. The van der Waals surface area contributed by atoms with E-state index in [4.69, 9.17) is 24.5 Å². The van der Waals surface area contributed by atoms with Gasteiger partial charge in [0.15, 0.2) is 0 Å². The Bertz CT molecular complexity index is 1670. The number of likely N-dealkylation sites (tertiary alicyclic amines) is 1. The summed E-state index contributed by atoms with van der Waals surface area (Å²) in [5.41, 5.74) is 4.81. The zero-order valence-electron chi connectivity index (χ0n) is 27.5. The number of aryl methyl sites for hydroxylation is 1. The quantitative estimate of drug-likeness (QED) is 0.0887. The number of carboxylic acids is 2. The number of aromatic nitrogens is 1. The molecule has 51 heavy (non-hydrogen) atoms. The van der Waals surface area contributed by atoms with Gasteiger partial charge in [0.2, 0.25) is 5.91 Å². The van der Waals surface area contributed by atoms with Gasteiger partial charge in [-0.1, -0.05) is 24.3 Å². The summed E-state index contributed by atoms with van der Waals surface area (Å²) in [4.78, 5) is 49.9. The molecule has 2 amide bonds. The molecule has 0 spiro atoms. The summed E-state index contributed by atoms with van der Waals surface area (Å²) < 4.78 is 69.5. The number of nitrogens with zero attached hydrogens (tertiary/aromatic N) is 2. The third-order valence-corrected chi connectivity index (χ3v) is 7.62. The molecule has 278 valence electrons. The van der Waals surface area contributed by atoms with Gasteiger partial charge >= 0.3 is 24.3 Å². The first-order chi connectivity index (χ1) is 23.6. The number of carbonyl (C=O) groups excluding carboxylic acids is 2. The number of halogens is 6. The molecule has 1 saturated heterocycles. The van der Waals surface area contributed by atoms with Gasteiger partial charge in [0.25, 0.3) is 5.91 Å². The molecule has 18 heteroatoms. The highest BCUT2D eigenvalue weighted by atomic mass is 19.4. The Kier molecular flexibility index (Phi) is 14.5. The van der Waals surface area contributed by atoms with E-state index in [1.54, 1.807) is 29.7 Å². The Morgan fingerprint density at radius 2 is 1.53 bits per heavy atom. The molecule has 2 atom stereocenters. The van der Waals surface area contributed by atoms with Crippen molar-refractivity contribution in [3.8, 4) is 5.75 Å². The van der Waals surface area contributed by atoms with Crippen LogP contribution in [0.4, 0.5) is 26.3 Å². The predicted molar refractivity (Wildman–Crippen MR) is 170 cm³/mol. The number of amides is 2. The highest BCUT2D eigenvalue weighted by Crippen LogP contribution is 2.26. The van der Waals surface area contributed by atoms with Crippen LogP contribution in [0, 0.1) is 12.8 Å². The monoisotopic (exact) mass is 730 g/mol. The Balaban J connectivity index is 0.000000543. The molecular formula is C33H36F6N4O8. The van der Waals surface area contributed by atoms with Crippen LogP contribution < -0.4 is 15.5 Å². The van der Waals surface area contributed by atoms with Crippen molar-refractivity contribution in [3.05, 3.63) is 84.1 Å². The van der Waals surface area contributed by atoms with Crippen LogP contribution in [0.2, 0.25) is 0 Å². The normalized spacial score (nSPS) is 16.4. The number of piperidine rings is 1. The van der Waals surface area contributed by atoms with E-state index in [0.29, 0.717) is 37.4 Å². The van der Waals surface area contributed by atoms with E-state index in [-0.39, 0.29) is 11.4 Å². The number of rotatable bonds is 8. The minimum atomic E-state index is -5.08. The zero-order valence-corrected chi connectivity index (χ0v) is 27.5. The lowest BCUT2D eigenvalue weighted by Crippen LogP contribution is -2.60. The largest absolute Gasteiger partial charge is 0.490 e. The van der Waals surface area contributed by atoms with Gasteiger partial charge in [-0.15, -0.1) is 6.58 Å². The molecule has 3 aromatic rings. The second-order valence-electron chi connectivity index (χ2n) is 11.6. The van der Waals surface area contributed by atoms with Gasteiger partial charge in [0, 0.05) is 34.3 Å². The number of carbonyl (C=O) groups is 4. The molecule has 4 rings (SSSR count). The fourth-order valence-electron chi connectivity index (χ4n) is 4.78. The fourth-order valence-corrected chi connectivity index (χ4v) is 4.78. The van der Waals surface area contributed by atoms with Gasteiger partial charge in [0.05, 0.1) is 17.5 Å². The summed E-state index contributed by atoms with van der Waals surface area (Å²) in [5.74, 6) is -6.19. The van der Waals surface area contributed by atoms with E-state index in [2.05, 4.69) is 21.8 Å². The first-order valence-electron chi connectivity index (χ1n) is 14.9. The number of carboxylic acid groups (broad SMARTS) is 2. The molecule has 1 fully saturated rings. The third-order valence-electron chi connectivity index (χ3n) is 7.62. The lowest BCUT2D eigenvalue weighted by atomic mass is 9.87. The van der Waals surface area contributed by atoms with E-state index in [1.807, 2.05) is 57.2 Å². The topological polar surface area (TPSA) is 178 Å². The van der Waals surface area contributed by atoms with E-state index >= 15 is 0 Å². The van der Waals surface area contributed by atoms with E-state index in [1.165, 1.54) is 0 Å². The molecule has 12 nitrogen and oxygen atoms in total. The second kappa shape index (κ2) is 17.6. The standard InChI is InChI=1S/C29H34N4O4.2C2HF3O2/c1-5-29(3,4)33-15-14-24(28(35)32-36)26(17-33)31-27(34)20-10-12-22(13-11-20)37-18-21-16-19(2)30-25-9-7-6-8-23(21)25;2*3-2(4,5)1(6)7/h5-13,16,24,26,36H,1,14-15,17-18H2,2-4H3,(H,31,34)(H,32,35);2*(H,6,7)/t24-,26+;;/m0../s1. The first-order valence-corrected chi connectivity index (χ1v) is 14.9. The van der Waals surface area contributed by atoms with Gasteiger partial charge in [0.1, 0.15) is 12.4 Å². The second-order valence-corrected chi connectivity index (χ2v) is 11.6. The average Bonchev–Trinajstić information content (AvgIpc) is 3.06. The SMILES string of the molecule is C=CC(C)(C)N1CC[C@H](C(=O)NO)[C@H](NC(=O)c2ccc(OCc3cc(C)nc4ccccc34)cc2)C1.O=C(O)C(F)(F)F.O=C(O)C(F)(F)F. The van der Waals surface area contributed by atoms with Gasteiger partial charge in [-0.25, -0.2) is 15.1 Å². The van der Waals surface area contributed by atoms with Gasteiger partial charge in [-0.3, -0.25) is 24.7 Å². The highest BCUT2D eigenvalue weighted by Gasteiger charge is 2.40. The Morgan fingerprint density at radius 3 is 2.04 bits per heavy atom. The summed E-state index contributed by atoms with van der Waals surface area (Å²) in [6.45, 7) is 11.4. The number of pyridine rings is 1. The number of aliphatic carboxylic acids is 2. The molecule has 1 aliphatic heterocycles. The molecule has 1 aromatic heterocycles. The number of para-hydroxylation sites is 1. The molecule has 0 unspecified atom stereocenters. The lowest BCUT2D eigenvalue weighted by Gasteiger charge is -2.44. The van der Waals surface area contributed by atoms with Crippen LogP contribution in [0.25, 0.3) is 10.9 Å². The smallest absolute Gasteiger partial charge is 0.489 e. The van der Waals surface area contributed by atoms with Gasteiger partial charge in [-0.2, -0.15) is 26.3 Å². The van der Waals surface area contributed by atoms with Crippen LogP contribution in [-0.2, 0) is 21.0 Å². The fraction of sp³-hybridized carbons (Fsp3) is 0.364. The summed E-state index contributed by atoms with van der Waals surface area (Å²) in [6, 6.07) is 16.4. The van der Waals surface area contributed by atoms with Crippen LogP contribution in [0.5, 0.6) is 5.75 Å². The van der Waals surface area contributed by atoms with Crippen molar-refractivity contribution in [2.24, 2.45) is 5.92 Å². The molecule has 2 heterocycles. The number of nitrogens with one attached hydrogen (secondary N) is 2. The van der Waals surface area contributed by atoms with Crippen LogP contribution in [-0.4, -0.2) is 86.1 Å². The molecule has 0 bridgehead atoms. The highest BCUT2D eigenvalue weighted by molar-refractivity contribution is 5.95. The molecule has 0 saturated carbocycles. The van der Waals surface area contributed by atoms with E-state index < -0.39 is 42.2 Å². The van der Waals surface area contributed by atoms with Crippen LogP contribution >= 0.6 is 0 Å². The number of benzene rings is 2. The minimum absolute atomic E-state index is 0.290. The molecular weight excluding hydrogens is 694 g/mol. The summed E-state index contributed by atoms with van der Waals surface area (Å²) in [6.07, 6.45) is -7.81. The predicted octanol–water partition coefficient (Wildman–Crippen LogP) is 5.28. The molecule has 5 N–H and O–H groups in total. The van der Waals surface area contributed by atoms with Crippen molar-refractivity contribution >= 4 is 34.7 Å². The molecule has 1 aliphatic rings. The first kappa shape index (κ1) is 41.9. The van der Waals surface area contributed by atoms with Crippen LogP contribution in [0.3, 0.4) is 0 Å². The summed E-state index contributed by atoms with van der Waals surface area (Å²) >= 11 is 0. The van der Waals surface area contributed by atoms with Crippen molar-refractivity contribution in [1.82, 2.24) is 20.7 Å². The van der Waals surface area contributed by atoms with Crippen LogP contribution in [0.15, 0.2) is 67.3 Å². The maximum absolute atomic E-state index is 13.1. The maximum atomic E-state index is 13.1. The number of alkyl halides is 6. The number of hydrogen-bond donors (Lipinski definition) is 5. The third kappa shape index (κ3) is 12.6. The summed E-state index contributed by atoms with van der Waals surface area (Å²) in [7, 11) is 0. The molecule has 0 aliphatic carbocycles. The maximum Gasteiger partial charge on any atom is 0.490 e. The van der Waals surface area contributed by atoms with Gasteiger partial charge in [-0.05, 0) is 70.1 Å². The molecule has 0 radical (unpaired) electrons. The van der Waals surface area contributed by atoms with Crippen molar-refractivity contribution < 1.29 is 65.7 Å². The minimum Gasteiger partial charge on any atom is -0.489 e. The number of hydroxylamine groups is 1. The van der Waals surface area contributed by atoms with Crippen LogP contribution in [0.1, 0.15) is 41.9 Å². The van der Waals surface area contributed by atoms with Crippen molar-refractivity contribution in [1.29, 1.82) is 0 Å². The number of fused-ring (bicyclic) bond motifs is 1. The zero-order chi connectivity index (χ0) is 38.7. The Hall–Kier alpha value is -5.23. The summed E-state index contributed by atoms with van der Waals surface area (Å²) in [5, 5.41) is 27.5. The van der Waals surface area contributed by atoms with E-state index in [9.17, 15) is 41.1 Å². The number of hydrogen-bond acceptors (Lipinski definition) is 8. The average molecular weight is 731 g/mol. The van der Waals surface area contributed by atoms with Crippen molar-refractivity contribution in [3.63, 3.8) is 0 Å². The van der Waals surface area contributed by atoms with E-state index in [0.717, 1.165) is 22.2 Å². The van der Waals surface area contributed by atoms with Crippen molar-refractivity contribution in [2.75, 3.05) is 13.1 Å². The molecule has 2 aromatic carbocycles.